The number of benzene rings is 1. The zero-order chi connectivity index (χ0) is 16.9. The number of carbonyl (C=O) groups is 2. The lowest BCUT2D eigenvalue weighted by molar-refractivity contribution is -0.384. The van der Waals surface area contributed by atoms with Gasteiger partial charge in [0.1, 0.15) is 5.69 Å². The molecule has 0 atom stereocenters. The number of nitrogens with zero attached hydrogens (tertiary/aromatic N) is 3. The summed E-state index contributed by atoms with van der Waals surface area (Å²) in [6, 6.07) is 4.28. The van der Waals surface area contributed by atoms with Crippen LogP contribution in [0.3, 0.4) is 0 Å². The van der Waals surface area contributed by atoms with Gasteiger partial charge in [-0.15, -0.1) is 0 Å². The van der Waals surface area contributed by atoms with Crippen molar-refractivity contribution in [1.29, 1.82) is 0 Å². The van der Waals surface area contributed by atoms with Crippen LogP contribution >= 0.6 is 0 Å². The van der Waals surface area contributed by atoms with Crippen molar-refractivity contribution >= 4 is 23.1 Å². The van der Waals surface area contributed by atoms with Gasteiger partial charge in [0.05, 0.1) is 11.5 Å². The summed E-state index contributed by atoms with van der Waals surface area (Å²) in [5.41, 5.74) is 0.414. The monoisotopic (exact) mass is 307 g/mol. The first-order valence-corrected chi connectivity index (χ1v) is 7.10. The minimum absolute atomic E-state index is 0.0436. The number of Topliss-reactive ketones (excluding diaryl/α,β-unsaturated/α-hetero) is 1. The van der Waals surface area contributed by atoms with Crippen molar-refractivity contribution < 1.29 is 14.5 Å². The Balaban J connectivity index is 3.07. The highest BCUT2D eigenvalue weighted by Gasteiger charge is 2.21. The maximum atomic E-state index is 12.1. The number of rotatable bonds is 7. The molecule has 7 nitrogen and oxygen atoms in total. The Bertz CT molecular complexity index is 582. The molecule has 22 heavy (non-hydrogen) atoms. The maximum Gasteiger partial charge on any atom is 0.293 e. The highest BCUT2D eigenvalue weighted by atomic mass is 16.6. The molecule has 0 aliphatic heterocycles. The Hall–Kier alpha value is -2.44. The molecule has 0 aliphatic rings. The van der Waals surface area contributed by atoms with Crippen LogP contribution in [0.1, 0.15) is 31.1 Å². The predicted molar refractivity (Wildman–Crippen MR) is 84.3 cm³/mol. The van der Waals surface area contributed by atoms with Gasteiger partial charge in [0.25, 0.3) is 5.69 Å². The zero-order valence-corrected chi connectivity index (χ0v) is 13.3. The molecule has 1 aromatic rings. The maximum absolute atomic E-state index is 12.1. The number of likely N-dealkylation sites (N-methyl/N-ethyl adjacent to an activating group) is 2. The Labute approximate surface area is 129 Å². The van der Waals surface area contributed by atoms with E-state index in [1.165, 1.54) is 30.0 Å². The van der Waals surface area contributed by atoms with Gasteiger partial charge in [0.15, 0.2) is 5.78 Å². The molecule has 0 aromatic heterocycles. The van der Waals surface area contributed by atoms with E-state index < -0.39 is 4.92 Å². The van der Waals surface area contributed by atoms with Crippen LogP contribution in [0.15, 0.2) is 18.2 Å². The van der Waals surface area contributed by atoms with Crippen LogP contribution in [0, 0.1) is 10.1 Å². The van der Waals surface area contributed by atoms with Crippen molar-refractivity contribution in [2.75, 3.05) is 31.6 Å². The zero-order valence-electron chi connectivity index (χ0n) is 13.3. The predicted octanol–water partition coefficient (Wildman–Crippen LogP) is 2.10. The first kappa shape index (κ1) is 17.6. The van der Waals surface area contributed by atoms with Crippen LogP contribution in [0.4, 0.5) is 11.4 Å². The molecule has 1 aromatic carbocycles. The van der Waals surface area contributed by atoms with E-state index in [1.807, 2.05) is 13.8 Å². The molecule has 7 heteroatoms. The van der Waals surface area contributed by atoms with Crippen molar-refractivity contribution in [1.82, 2.24) is 4.90 Å². The van der Waals surface area contributed by atoms with Crippen LogP contribution in [-0.4, -0.2) is 48.2 Å². The van der Waals surface area contributed by atoms with Crippen LogP contribution in [0.2, 0.25) is 0 Å². The van der Waals surface area contributed by atoms with E-state index >= 15 is 0 Å². The average molecular weight is 307 g/mol. The standard InChI is InChI=1S/C15H21N3O4/c1-5-17(6-2)15(20)10-16(4)13-8-7-12(11(3)19)9-14(13)18(21)22/h7-9H,5-6,10H2,1-4H3. The molecule has 0 spiro atoms. The summed E-state index contributed by atoms with van der Waals surface area (Å²) >= 11 is 0. The molecule has 0 saturated heterocycles. The molecule has 0 bridgehead atoms. The smallest absolute Gasteiger partial charge is 0.293 e. The van der Waals surface area contributed by atoms with Gasteiger partial charge in [0, 0.05) is 31.8 Å². The van der Waals surface area contributed by atoms with Gasteiger partial charge < -0.3 is 9.80 Å². The molecule has 0 unspecified atom stereocenters. The Morgan fingerprint density at radius 1 is 1.23 bits per heavy atom. The largest absolute Gasteiger partial charge is 0.360 e. The lowest BCUT2D eigenvalue weighted by atomic mass is 10.1. The van der Waals surface area contributed by atoms with Gasteiger partial charge in [0.2, 0.25) is 5.91 Å². The molecular formula is C15H21N3O4. The van der Waals surface area contributed by atoms with E-state index in [-0.39, 0.29) is 29.5 Å². The topological polar surface area (TPSA) is 83.8 Å². The fourth-order valence-electron chi connectivity index (χ4n) is 2.18. The summed E-state index contributed by atoms with van der Waals surface area (Å²) in [6.45, 7) is 6.34. The number of ketones is 1. The van der Waals surface area contributed by atoms with Crippen molar-refractivity contribution in [3.8, 4) is 0 Å². The number of nitro groups is 1. The summed E-state index contributed by atoms with van der Waals surface area (Å²) in [6.07, 6.45) is 0. The molecule has 120 valence electrons. The highest BCUT2D eigenvalue weighted by molar-refractivity contribution is 5.95. The fraction of sp³-hybridized carbons (Fsp3) is 0.467. The van der Waals surface area contributed by atoms with Crippen LogP contribution in [0.5, 0.6) is 0 Å². The molecule has 1 rings (SSSR count). The molecule has 0 heterocycles. The second-order valence-electron chi connectivity index (χ2n) is 4.94. The highest BCUT2D eigenvalue weighted by Crippen LogP contribution is 2.28. The lowest BCUT2D eigenvalue weighted by Gasteiger charge is -2.24. The first-order valence-electron chi connectivity index (χ1n) is 7.10. The van der Waals surface area contributed by atoms with Crippen molar-refractivity contribution in [2.45, 2.75) is 20.8 Å². The summed E-state index contributed by atoms with van der Waals surface area (Å²) < 4.78 is 0. The minimum Gasteiger partial charge on any atom is -0.360 e. The van der Waals surface area contributed by atoms with Gasteiger partial charge >= 0.3 is 0 Å². The summed E-state index contributed by atoms with van der Waals surface area (Å²) in [4.78, 5) is 37.3. The SMILES string of the molecule is CCN(CC)C(=O)CN(C)c1ccc(C(C)=O)cc1[N+](=O)[O-]. The Kier molecular flexibility index (Phi) is 6.03. The minimum atomic E-state index is -0.542. The van der Waals surface area contributed by atoms with Gasteiger partial charge in [-0.05, 0) is 32.9 Å². The van der Waals surface area contributed by atoms with Crippen molar-refractivity contribution in [2.24, 2.45) is 0 Å². The number of carbonyl (C=O) groups excluding carboxylic acids is 2. The third kappa shape index (κ3) is 4.03. The van der Waals surface area contributed by atoms with Gasteiger partial charge in [-0.3, -0.25) is 19.7 Å². The summed E-state index contributed by atoms with van der Waals surface area (Å²) in [5, 5.41) is 11.2. The van der Waals surface area contributed by atoms with Crippen LogP contribution in [-0.2, 0) is 4.79 Å². The second-order valence-corrected chi connectivity index (χ2v) is 4.94. The van der Waals surface area contributed by atoms with E-state index in [2.05, 4.69) is 0 Å². The number of amides is 1. The number of hydrogen-bond acceptors (Lipinski definition) is 5. The molecule has 0 saturated carbocycles. The molecule has 0 N–H and O–H groups in total. The van der Waals surface area contributed by atoms with Crippen molar-refractivity contribution in [3.63, 3.8) is 0 Å². The normalized spacial score (nSPS) is 10.2. The Morgan fingerprint density at radius 2 is 1.82 bits per heavy atom. The molecule has 1 amide bonds. The van der Waals surface area contributed by atoms with E-state index in [4.69, 9.17) is 0 Å². The Morgan fingerprint density at radius 3 is 2.27 bits per heavy atom. The van der Waals surface area contributed by atoms with Crippen molar-refractivity contribution in [3.05, 3.63) is 33.9 Å². The molecule has 0 fully saturated rings. The molecule has 0 radical (unpaired) electrons. The number of hydrogen-bond donors (Lipinski definition) is 0. The molecule has 0 aliphatic carbocycles. The fourth-order valence-corrected chi connectivity index (χ4v) is 2.18. The summed E-state index contributed by atoms with van der Waals surface area (Å²) in [5.74, 6) is -0.339. The third-order valence-electron chi connectivity index (χ3n) is 3.48. The van der Waals surface area contributed by atoms with E-state index in [1.54, 1.807) is 11.9 Å². The summed E-state index contributed by atoms with van der Waals surface area (Å²) in [7, 11) is 1.62. The quantitative estimate of drug-likeness (QED) is 0.437. The first-order chi connectivity index (χ1) is 10.3. The third-order valence-corrected chi connectivity index (χ3v) is 3.48. The number of anilines is 1. The van der Waals surface area contributed by atoms with E-state index in [9.17, 15) is 19.7 Å². The van der Waals surface area contributed by atoms with E-state index in [0.717, 1.165) is 0 Å². The van der Waals surface area contributed by atoms with Gasteiger partial charge in [-0.25, -0.2) is 0 Å². The van der Waals surface area contributed by atoms with Gasteiger partial charge in [-0.2, -0.15) is 0 Å². The van der Waals surface area contributed by atoms with Gasteiger partial charge in [-0.1, -0.05) is 0 Å². The van der Waals surface area contributed by atoms with Crippen LogP contribution in [0.25, 0.3) is 0 Å². The van der Waals surface area contributed by atoms with Crippen LogP contribution < -0.4 is 4.90 Å². The lowest BCUT2D eigenvalue weighted by Crippen LogP contribution is -2.39. The average Bonchev–Trinajstić information content (AvgIpc) is 2.47. The second kappa shape index (κ2) is 7.53. The number of nitro benzene ring substituents is 1. The van der Waals surface area contributed by atoms with E-state index in [0.29, 0.717) is 18.8 Å². The molecular weight excluding hydrogens is 286 g/mol.